The molecule has 2 N–H and O–H groups in total. The maximum atomic E-state index is 12.0. The van der Waals surface area contributed by atoms with Crippen molar-refractivity contribution >= 4 is 5.91 Å². The normalized spacial score (nSPS) is 10.6. The molecule has 4 nitrogen and oxygen atoms in total. The lowest BCUT2D eigenvalue weighted by molar-refractivity contribution is 0.0773. The van der Waals surface area contributed by atoms with E-state index in [-0.39, 0.29) is 5.91 Å². The highest BCUT2D eigenvalue weighted by Crippen LogP contribution is 2.05. The number of hydrogen-bond acceptors (Lipinski definition) is 3. The van der Waals surface area contributed by atoms with Crippen LogP contribution in [0, 0.1) is 5.92 Å². The maximum absolute atomic E-state index is 12.0. The van der Waals surface area contributed by atoms with Crippen molar-refractivity contribution in [2.75, 3.05) is 13.6 Å². The van der Waals surface area contributed by atoms with Gasteiger partial charge in [-0.05, 0) is 23.6 Å². The quantitative estimate of drug-likeness (QED) is 0.833. The molecule has 0 bridgehead atoms. The number of carbonyl (C=O) groups is 1. The van der Waals surface area contributed by atoms with Gasteiger partial charge in [0.2, 0.25) is 0 Å². The maximum Gasteiger partial charge on any atom is 0.272 e. The summed E-state index contributed by atoms with van der Waals surface area (Å²) in [6.45, 7) is 5.31. The van der Waals surface area contributed by atoms with Gasteiger partial charge in [-0.25, -0.2) is 0 Å². The summed E-state index contributed by atoms with van der Waals surface area (Å²) in [5.41, 5.74) is 6.91. The molecule has 0 aromatic carbocycles. The van der Waals surface area contributed by atoms with Gasteiger partial charge in [0.05, 0.1) is 0 Å². The van der Waals surface area contributed by atoms with Crippen LogP contribution in [0.5, 0.6) is 0 Å². The van der Waals surface area contributed by atoms with E-state index in [1.165, 1.54) is 0 Å². The lowest BCUT2D eigenvalue weighted by Crippen LogP contribution is -2.31. The monoisotopic (exact) mass is 221 g/mol. The number of aromatic nitrogens is 1. The van der Waals surface area contributed by atoms with Crippen molar-refractivity contribution in [2.45, 2.75) is 20.4 Å². The van der Waals surface area contributed by atoms with E-state index in [0.29, 0.717) is 18.2 Å². The second kappa shape index (κ2) is 5.61. The summed E-state index contributed by atoms with van der Waals surface area (Å²) < 4.78 is 0. The molecule has 16 heavy (non-hydrogen) atoms. The molecule has 0 unspecified atom stereocenters. The number of amides is 1. The van der Waals surface area contributed by atoms with E-state index in [1.807, 2.05) is 6.07 Å². The van der Waals surface area contributed by atoms with Crippen molar-refractivity contribution in [3.8, 4) is 0 Å². The molecular formula is C12H19N3O. The Morgan fingerprint density at radius 3 is 2.81 bits per heavy atom. The molecule has 1 aromatic heterocycles. The molecule has 0 radical (unpaired) electrons. The van der Waals surface area contributed by atoms with Crippen LogP contribution >= 0.6 is 0 Å². The van der Waals surface area contributed by atoms with E-state index >= 15 is 0 Å². The molecule has 88 valence electrons. The molecule has 0 saturated heterocycles. The first-order valence-electron chi connectivity index (χ1n) is 5.45. The molecule has 1 aromatic rings. The summed E-state index contributed by atoms with van der Waals surface area (Å²) in [4.78, 5) is 17.7. The number of pyridine rings is 1. The van der Waals surface area contributed by atoms with Gasteiger partial charge in [-0.1, -0.05) is 13.8 Å². The molecule has 0 aliphatic rings. The fraction of sp³-hybridized carbons (Fsp3) is 0.500. The molecule has 0 aliphatic carbocycles. The van der Waals surface area contributed by atoms with Crippen molar-refractivity contribution in [1.82, 2.24) is 9.88 Å². The average molecular weight is 221 g/mol. The third-order valence-electron chi connectivity index (χ3n) is 2.26. The van der Waals surface area contributed by atoms with Gasteiger partial charge in [0.15, 0.2) is 0 Å². The second-order valence-corrected chi connectivity index (χ2v) is 4.33. The molecule has 1 heterocycles. The smallest absolute Gasteiger partial charge is 0.272 e. The van der Waals surface area contributed by atoms with Crippen LogP contribution in [0.2, 0.25) is 0 Å². The van der Waals surface area contributed by atoms with Crippen LogP contribution in [-0.2, 0) is 6.54 Å². The Morgan fingerprint density at radius 1 is 1.56 bits per heavy atom. The second-order valence-electron chi connectivity index (χ2n) is 4.33. The van der Waals surface area contributed by atoms with E-state index in [2.05, 4.69) is 18.8 Å². The van der Waals surface area contributed by atoms with Gasteiger partial charge < -0.3 is 10.6 Å². The van der Waals surface area contributed by atoms with Crippen molar-refractivity contribution in [3.63, 3.8) is 0 Å². The average Bonchev–Trinajstić information content (AvgIpc) is 2.27. The molecule has 0 aliphatic heterocycles. The Kier molecular flexibility index (Phi) is 4.43. The minimum Gasteiger partial charge on any atom is -0.340 e. The first kappa shape index (κ1) is 12.6. The van der Waals surface area contributed by atoms with Crippen LogP contribution in [0.3, 0.4) is 0 Å². The summed E-state index contributed by atoms with van der Waals surface area (Å²) in [6.07, 6.45) is 1.62. The van der Waals surface area contributed by atoms with Crippen molar-refractivity contribution in [1.29, 1.82) is 0 Å². The Bertz CT molecular complexity index is 363. The predicted octanol–water partition coefficient (Wildman–Crippen LogP) is 1.27. The number of nitrogens with two attached hydrogens (primary N) is 1. The minimum absolute atomic E-state index is 0.0519. The fourth-order valence-corrected chi connectivity index (χ4v) is 1.54. The lowest BCUT2D eigenvalue weighted by Gasteiger charge is -2.18. The zero-order chi connectivity index (χ0) is 12.1. The molecule has 0 atom stereocenters. The van der Waals surface area contributed by atoms with Gasteiger partial charge in [0.25, 0.3) is 5.91 Å². The lowest BCUT2D eigenvalue weighted by atomic mass is 10.2. The van der Waals surface area contributed by atoms with Gasteiger partial charge in [0.1, 0.15) is 5.69 Å². The van der Waals surface area contributed by atoms with Crippen molar-refractivity contribution in [3.05, 3.63) is 29.6 Å². The van der Waals surface area contributed by atoms with E-state index in [0.717, 1.165) is 12.1 Å². The first-order chi connectivity index (χ1) is 7.54. The third-order valence-corrected chi connectivity index (χ3v) is 2.26. The van der Waals surface area contributed by atoms with Gasteiger partial charge in [-0.3, -0.25) is 9.78 Å². The highest BCUT2D eigenvalue weighted by Gasteiger charge is 2.14. The Morgan fingerprint density at radius 2 is 2.25 bits per heavy atom. The molecule has 4 heteroatoms. The summed E-state index contributed by atoms with van der Waals surface area (Å²) in [5.74, 6) is 0.399. The van der Waals surface area contributed by atoms with Crippen LogP contribution in [-0.4, -0.2) is 29.4 Å². The van der Waals surface area contributed by atoms with Crippen LogP contribution < -0.4 is 5.73 Å². The van der Waals surface area contributed by atoms with Crippen LogP contribution in [0.1, 0.15) is 29.9 Å². The number of nitrogens with zero attached hydrogens (tertiary/aromatic N) is 2. The van der Waals surface area contributed by atoms with E-state index in [9.17, 15) is 4.79 Å². The Hall–Kier alpha value is -1.42. The molecule has 0 spiro atoms. The first-order valence-corrected chi connectivity index (χ1v) is 5.45. The zero-order valence-corrected chi connectivity index (χ0v) is 10.1. The highest BCUT2D eigenvalue weighted by atomic mass is 16.2. The predicted molar refractivity (Wildman–Crippen MR) is 63.9 cm³/mol. The summed E-state index contributed by atoms with van der Waals surface area (Å²) in [7, 11) is 1.79. The molecule has 1 amide bonds. The Balaban J connectivity index is 2.79. The fourth-order valence-electron chi connectivity index (χ4n) is 1.54. The van der Waals surface area contributed by atoms with Gasteiger partial charge in [0, 0.05) is 26.3 Å². The third kappa shape index (κ3) is 3.31. The number of hydrogen-bond donors (Lipinski definition) is 1. The van der Waals surface area contributed by atoms with Gasteiger partial charge >= 0.3 is 0 Å². The van der Waals surface area contributed by atoms with Crippen LogP contribution in [0.25, 0.3) is 0 Å². The zero-order valence-electron chi connectivity index (χ0n) is 10.1. The van der Waals surface area contributed by atoms with Gasteiger partial charge in [-0.2, -0.15) is 0 Å². The summed E-state index contributed by atoms with van der Waals surface area (Å²) in [5, 5.41) is 0. The highest BCUT2D eigenvalue weighted by molar-refractivity contribution is 5.92. The Labute approximate surface area is 96.5 Å². The topological polar surface area (TPSA) is 59.2 Å². The molecule has 0 fully saturated rings. The standard InChI is InChI=1S/C12H19N3O/c1-9(2)8-15(3)12(16)11-6-10(7-13)4-5-14-11/h4-6,9H,7-8,13H2,1-3H3. The van der Waals surface area contributed by atoms with E-state index < -0.39 is 0 Å². The van der Waals surface area contributed by atoms with Crippen molar-refractivity contribution < 1.29 is 4.79 Å². The number of carbonyl (C=O) groups excluding carboxylic acids is 1. The molecule has 1 rings (SSSR count). The van der Waals surface area contributed by atoms with Crippen LogP contribution in [0.15, 0.2) is 18.3 Å². The number of rotatable bonds is 4. The van der Waals surface area contributed by atoms with E-state index in [1.54, 1.807) is 24.2 Å². The SMILES string of the molecule is CC(C)CN(C)C(=O)c1cc(CN)ccn1. The molecular weight excluding hydrogens is 202 g/mol. The summed E-state index contributed by atoms with van der Waals surface area (Å²) >= 11 is 0. The molecule has 0 saturated carbocycles. The summed E-state index contributed by atoms with van der Waals surface area (Å²) in [6, 6.07) is 3.57. The van der Waals surface area contributed by atoms with Gasteiger partial charge in [-0.15, -0.1) is 0 Å². The largest absolute Gasteiger partial charge is 0.340 e. The van der Waals surface area contributed by atoms with Crippen molar-refractivity contribution in [2.24, 2.45) is 11.7 Å². The van der Waals surface area contributed by atoms with E-state index in [4.69, 9.17) is 5.73 Å². The van der Waals surface area contributed by atoms with Crippen LogP contribution in [0.4, 0.5) is 0 Å². The minimum atomic E-state index is -0.0519.